The molecule has 13 heteroatoms. The first-order chi connectivity index (χ1) is 16.4. The molecule has 1 fully saturated rings. The van der Waals surface area contributed by atoms with E-state index in [1.807, 2.05) is 0 Å². The van der Waals surface area contributed by atoms with Crippen molar-refractivity contribution in [1.29, 1.82) is 0 Å². The normalized spacial score (nSPS) is 22.8. The predicted molar refractivity (Wildman–Crippen MR) is 131 cm³/mol. The monoisotopic (exact) mass is 508 g/mol. The van der Waals surface area contributed by atoms with E-state index in [0.717, 1.165) is 0 Å². The molecule has 2 aromatic heterocycles. The maximum Gasteiger partial charge on any atom is 0.406 e. The first-order valence-electron chi connectivity index (χ1n) is 11.7. The van der Waals surface area contributed by atoms with Gasteiger partial charge in [0.25, 0.3) is 0 Å². The summed E-state index contributed by atoms with van der Waals surface area (Å²) < 4.78 is 25.6. The highest BCUT2D eigenvalue weighted by Crippen LogP contribution is 2.45. The highest BCUT2D eigenvalue weighted by Gasteiger charge is 2.52. The summed E-state index contributed by atoms with van der Waals surface area (Å²) in [6.07, 6.45) is 0.487. The van der Waals surface area contributed by atoms with E-state index in [9.17, 15) is 9.59 Å². The zero-order chi connectivity index (χ0) is 26.0. The maximum atomic E-state index is 12.6. The minimum Gasteiger partial charge on any atom is -0.466 e. The van der Waals surface area contributed by atoms with Gasteiger partial charge in [-0.05, 0) is 25.1 Å². The molecular weight excluding hydrogens is 472 g/mol. The van der Waals surface area contributed by atoms with E-state index in [0.29, 0.717) is 11.2 Å². The minimum atomic E-state index is -2.34. The number of ether oxygens (including phenoxy) is 3. The van der Waals surface area contributed by atoms with Gasteiger partial charge < -0.3 is 29.7 Å². The quantitative estimate of drug-likeness (QED) is 0.402. The van der Waals surface area contributed by atoms with E-state index in [2.05, 4.69) is 54.1 Å². The van der Waals surface area contributed by atoms with Gasteiger partial charge in [-0.25, -0.2) is 19.7 Å². The number of carbonyl (C=O) groups is 2. The van der Waals surface area contributed by atoms with E-state index < -0.39 is 38.8 Å². The molecule has 1 aliphatic rings. The fourth-order valence-electron chi connectivity index (χ4n) is 3.78. The number of nitrogens with zero attached hydrogens (tertiary/aromatic N) is 4. The van der Waals surface area contributed by atoms with E-state index in [4.69, 9.17) is 24.4 Å². The molecule has 3 rings (SSSR count). The molecule has 0 aliphatic carbocycles. The van der Waals surface area contributed by atoms with Crippen LogP contribution in [0, 0.1) is 5.92 Å². The zero-order valence-electron chi connectivity index (χ0n) is 21.4. The van der Waals surface area contributed by atoms with Crippen LogP contribution in [0.1, 0.15) is 40.3 Å². The fraction of sp³-hybridized carbons (Fsp3) is 0.682. The molecule has 0 bridgehead atoms. The highest BCUT2D eigenvalue weighted by atomic mass is 28.4. The number of nitrogen functional groups attached to an aromatic ring is 1. The van der Waals surface area contributed by atoms with Crippen LogP contribution >= 0.6 is 0 Å². The number of rotatable bonds is 8. The molecule has 1 amide bonds. The van der Waals surface area contributed by atoms with Crippen molar-refractivity contribution < 1.29 is 28.2 Å². The molecule has 4 unspecified atom stereocenters. The lowest BCUT2D eigenvalue weighted by molar-refractivity contribution is -0.145. The second-order valence-corrected chi connectivity index (χ2v) is 14.8. The first kappa shape index (κ1) is 26.8. The number of amides is 1. The van der Waals surface area contributed by atoms with Crippen molar-refractivity contribution in [2.75, 3.05) is 26.0 Å². The maximum absolute atomic E-state index is 12.6. The number of fused-ring (bicyclic) bond motifs is 1. The van der Waals surface area contributed by atoms with Crippen LogP contribution in [0.5, 0.6) is 0 Å². The summed E-state index contributed by atoms with van der Waals surface area (Å²) in [6, 6.07) is 0. The Labute approximate surface area is 206 Å². The Morgan fingerprint density at radius 2 is 1.94 bits per heavy atom. The summed E-state index contributed by atoms with van der Waals surface area (Å²) in [5.41, 5.74) is 6.91. The molecular formula is C22H36N6O6Si. The third-order valence-corrected chi connectivity index (χ3v) is 11.2. The number of hydrogen-bond donors (Lipinski definition) is 2. The lowest BCUT2D eigenvalue weighted by atomic mass is 9.94. The van der Waals surface area contributed by atoms with Crippen LogP contribution in [-0.2, 0) is 23.4 Å². The van der Waals surface area contributed by atoms with Crippen molar-refractivity contribution >= 4 is 37.4 Å². The molecule has 194 valence electrons. The summed E-state index contributed by atoms with van der Waals surface area (Å²) in [5, 5.41) is 2.32. The van der Waals surface area contributed by atoms with Gasteiger partial charge in [-0.15, -0.1) is 0 Å². The van der Waals surface area contributed by atoms with Crippen LogP contribution in [0.2, 0.25) is 18.1 Å². The summed E-state index contributed by atoms with van der Waals surface area (Å²) in [4.78, 5) is 37.1. The molecule has 3 heterocycles. The van der Waals surface area contributed by atoms with Crippen LogP contribution in [0.15, 0.2) is 12.7 Å². The standard InChI is InChI=1S/C22H36N6O6Si/c1-8-31-15(29)9-13-14(10-32-21(30)24-5)33-20(17(13)34-35(6,7)22(2,3)4)28-12-27-16-18(23)25-11-26-19(16)28/h11-14,17,20H,8-10H2,1-7H3,(H,24,30)(H2,23,25,26). The number of alkyl carbamates (subject to hydrolysis) is 1. The number of nitrogens with one attached hydrogen (secondary N) is 1. The molecule has 0 radical (unpaired) electrons. The number of aromatic nitrogens is 4. The molecule has 4 atom stereocenters. The molecule has 0 aromatic carbocycles. The van der Waals surface area contributed by atoms with Crippen LogP contribution in [0.25, 0.3) is 11.2 Å². The lowest BCUT2D eigenvalue weighted by Crippen LogP contribution is -2.47. The smallest absolute Gasteiger partial charge is 0.406 e. The number of carbonyl (C=O) groups excluding carboxylic acids is 2. The van der Waals surface area contributed by atoms with Crippen LogP contribution in [0.4, 0.5) is 10.6 Å². The summed E-state index contributed by atoms with van der Waals surface area (Å²) >= 11 is 0. The Kier molecular flexibility index (Phi) is 8.02. The largest absolute Gasteiger partial charge is 0.466 e. The first-order valence-corrected chi connectivity index (χ1v) is 14.6. The van der Waals surface area contributed by atoms with Gasteiger partial charge in [-0.2, -0.15) is 0 Å². The van der Waals surface area contributed by atoms with Gasteiger partial charge in [0.1, 0.15) is 24.6 Å². The van der Waals surface area contributed by atoms with Crippen LogP contribution in [-0.4, -0.2) is 72.4 Å². The predicted octanol–water partition coefficient (Wildman–Crippen LogP) is 2.62. The van der Waals surface area contributed by atoms with Gasteiger partial charge in [0.15, 0.2) is 26.0 Å². The number of hydrogen-bond acceptors (Lipinski definition) is 10. The third kappa shape index (κ3) is 5.73. The fourth-order valence-corrected chi connectivity index (χ4v) is 5.10. The van der Waals surface area contributed by atoms with E-state index in [1.54, 1.807) is 17.8 Å². The van der Waals surface area contributed by atoms with Gasteiger partial charge >= 0.3 is 12.1 Å². The van der Waals surface area contributed by atoms with Gasteiger partial charge in [0, 0.05) is 13.0 Å². The van der Waals surface area contributed by atoms with Crippen molar-refractivity contribution in [2.45, 2.75) is 70.7 Å². The van der Waals surface area contributed by atoms with Crippen molar-refractivity contribution in [3.8, 4) is 0 Å². The Balaban J connectivity index is 2.06. The zero-order valence-corrected chi connectivity index (χ0v) is 22.4. The minimum absolute atomic E-state index is 0.0369. The van der Waals surface area contributed by atoms with E-state index in [1.165, 1.54) is 13.4 Å². The number of nitrogens with two attached hydrogens (primary N) is 1. The second kappa shape index (κ2) is 10.5. The average molecular weight is 509 g/mol. The van der Waals surface area contributed by atoms with Crippen LogP contribution in [0.3, 0.4) is 0 Å². The molecule has 0 saturated carbocycles. The van der Waals surface area contributed by atoms with Crippen molar-refractivity contribution in [1.82, 2.24) is 24.8 Å². The summed E-state index contributed by atoms with van der Waals surface area (Å²) in [5.74, 6) is -0.580. The van der Waals surface area contributed by atoms with E-state index in [-0.39, 0.29) is 36.5 Å². The summed E-state index contributed by atoms with van der Waals surface area (Å²) in [6.45, 7) is 12.6. The lowest BCUT2D eigenvalue weighted by Gasteiger charge is -2.40. The van der Waals surface area contributed by atoms with Crippen molar-refractivity contribution in [2.24, 2.45) is 5.92 Å². The van der Waals surface area contributed by atoms with Crippen molar-refractivity contribution in [3.63, 3.8) is 0 Å². The Hall–Kier alpha value is -2.77. The van der Waals surface area contributed by atoms with Gasteiger partial charge in [-0.1, -0.05) is 20.8 Å². The molecule has 1 saturated heterocycles. The Morgan fingerprint density at radius 3 is 2.57 bits per heavy atom. The van der Waals surface area contributed by atoms with Gasteiger partial charge in [0.2, 0.25) is 0 Å². The number of esters is 1. The third-order valence-electron chi connectivity index (χ3n) is 6.68. The molecule has 3 N–H and O–H groups in total. The Morgan fingerprint density at radius 1 is 1.23 bits per heavy atom. The number of imidazole rings is 1. The second-order valence-electron chi connectivity index (χ2n) is 10.0. The molecule has 12 nitrogen and oxygen atoms in total. The van der Waals surface area contributed by atoms with Crippen LogP contribution < -0.4 is 11.1 Å². The molecule has 35 heavy (non-hydrogen) atoms. The Bertz CT molecular complexity index is 1050. The van der Waals surface area contributed by atoms with Crippen molar-refractivity contribution in [3.05, 3.63) is 12.7 Å². The topological polar surface area (TPSA) is 153 Å². The average Bonchev–Trinajstić information content (AvgIpc) is 3.34. The molecule has 0 spiro atoms. The van der Waals surface area contributed by atoms with E-state index >= 15 is 0 Å². The van der Waals surface area contributed by atoms with Gasteiger partial charge in [0.05, 0.1) is 25.5 Å². The molecule has 2 aromatic rings. The highest BCUT2D eigenvalue weighted by molar-refractivity contribution is 6.74. The number of anilines is 1. The SMILES string of the molecule is CCOC(=O)CC1C(COC(=O)NC)OC(n2cnc3c(N)ncnc32)C1O[Si](C)(C)C(C)(C)C. The molecule has 1 aliphatic heterocycles. The summed E-state index contributed by atoms with van der Waals surface area (Å²) in [7, 11) is -0.865. The van der Waals surface area contributed by atoms with Gasteiger partial charge in [-0.3, -0.25) is 9.36 Å².